The Morgan fingerprint density at radius 2 is 2.10 bits per heavy atom. The molecule has 3 aliphatic rings. The number of rotatable bonds is 12. The van der Waals surface area contributed by atoms with Crippen LogP contribution in [0, 0.1) is 5.92 Å². The number of allylic oxidation sites excluding steroid dienone is 5. The molecule has 4 atom stereocenters. The molecule has 0 fully saturated rings. The predicted octanol–water partition coefficient (Wildman–Crippen LogP) is 4.35. The van der Waals surface area contributed by atoms with Gasteiger partial charge in [-0.1, -0.05) is 44.4 Å². The largest absolute Gasteiger partial charge is 0.507 e. The summed E-state index contributed by atoms with van der Waals surface area (Å²) in [7, 11) is 0. The van der Waals surface area contributed by atoms with Crippen molar-refractivity contribution in [3.63, 3.8) is 0 Å². The third-order valence-corrected chi connectivity index (χ3v) is 9.52. The van der Waals surface area contributed by atoms with Crippen molar-refractivity contribution in [2.75, 3.05) is 6.54 Å². The first-order chi connectivity index (χ1) is 23.0. The Hall–Kier alpha value is -4.48. The topological polar surface area (TPSA) is 182 Å². The van der Waals surface area contributed by atoms with Crippen molar-refractivity contribution in [3.05, 3.63) is 92.3 Å². The van der Waals surface area contributed by atoms with Crippen molar-refractivity contribution in [1.82, 2.24) is 10.6 Å². The average Bonchev–Trinajstić information content (AvgIpc) is 3.06. The maximum atomic E-state index is 13.4. The Balaban J connectivity index is 1.69. The number of dihydropyridines is 2. The van der Waals surface area contributed by atoms with E-state index in [0.29, 0.717) is 41.2 Å². The van der Waals surface area contributed by atoms with E-state index in [9.17, 15) is 19.8 Å². The molecule has 4 heterocycles. The van der Waals surface area contributed by atoms with Gasteiger partial charge in [-0.3, -0.25) is 4.79 Å². The summed E-state index contributed by atoms with van der Waals surface area (Å²) in [6, 6.07) is 1.17. The van der Waals surface area contributed by atoms with E-state index in [4.69, 9.17) is 25.4 Å². The second kappa shape index (κ2) is 14.7. The number of benzene rings is 1. The number of aliphatic hydroxyl groups excluding tert-OH is 1. The molecule has 1 aromatic carbocycles. The number of hydrogen-bond acceptors (Lipinski definition) is 11. The van der Waals surface area contributed by atoms with Gasteiger partial charge < -0.3 is 46.2 Å². The number of phenols is 1. The number of unbranched alkanes of at least 4 members (excludes halogenated alkanes) is 2. The van der Waals surface area contributed by atoms with Crippen molar-refractivity contribution in [3.8, 4) is 11.5 Å². The number of aliphatic hydroxyl groups is 1. The summed E-state index contributed by atoms with van der Waals surface area (Å²) >= 11 is 0. The Morgan fingerprint density at radius 3 is 2.77 bits per heavy atom. The number of fused-ring (bicyclic) bond motifs is 2. The van der Waals surface area contributed by atoms with Crippen LogP contribution in [0.1, 0.15) is 76.7 Å². The van der Waals surface area contributed by atoms with E-state index in [1.165, 1.54) is 6.07 Å². The van der Waals surface area contributed by atoms with Gasteiger partial charge >= 0.3 is 5.97 Å². The second-order valence-corrected chi connectivity index (χ2v) is 13.1. The van der Waals surface area contributed by atoms with E-state index in [-0.39, 0.29) is 47.4 Å². The van der Waals surface area contributed by atoms with Crippen LogP contribution >= 0.6 is 0 Å². The first-order valence-electron chi connectivity index (χ1n) is 16.7. The molecule has 11 nitrogen and oxygen atoms in total. The molecular weight excluding hydrogens is 612 g/mol. The Kier molecular flexibility index (Phi) is 10.7. The van der Waals surface area contributed by atoms with Gasteiger partial charge in [0, 0.05) is 48.4 Å². The van der Waals surface area contributed by atoms with E-state index >= 15 is 0 Å². The minimum absolute atomic E-state index is 0.0216. The molecule has 8 N–H and O–H groups in total. The highest BCUT2D eigenvalue weighted by molar-refractivity contribution is 5.91. The Morgan fingerprint density at radius 1 is 1.31 bits per heavy atom. The van der Waals surface area contributed by atoms with Gasteiger partial charge in [0.1, 0.15) is 46.5 Å². The number of nitrogens with two attached hydrogens (primary N) is 2. The van der Waals surface area contributed by atoms with Crippen molar-refractivity contribution < 1.29 is 28.9 Å². The van der Waals surface area contributed by atoms with Crippen LogP contribution in [0.4, 0.5) is 0 Å². The normalized spacial score (nSPS) is 22.8. The van der Waals surface area contributed by atoms with Crippen LogP contribution in [0.5, 0.6) is 11.5 Å². The van der Waals surface area contributed by atoms with E-state index in [2.05, 4.69) is 17.6 Å². The summed E-state index contributed by atoms with van der Waals surface area (Å²) in [5.41, 5.74) is 14.0. The minimum Gasteiger partial charge on any atom is -0.507 e. The Bertz CT molecular complexity index is 1770. The summed E-state index contributed by atoms with van der Waals surface area (Å²) in [6.45, 7) is 7.58. The van der Waals surface area contributed by atoms with Gasteiger partial charge in [0.2, 0.25) is 0 Å². The molecule has 48 heavy (non-hydrogen) atoms. The lowest BCUT2D eigenvalue weighted by molar-refractivity contribution is -0.159. The number of nitrogens with one attached hydrogen (secondary N) is 2. The molecule has 0 amide bonds. The van der Waals surface area contributed by atoms with Crippen molar-refractivity contribution in [2.24, 2.45) is 17.4 Å². The number of ether oxygens (including phenoxy) is 2. The monoisotopic (exact) mass is 660 g/mol. The highest BCUT2D eigenvalue weighted by atomic mass is 16.6. The molecule has 11 heteroatoms. The third-order valence-electron chi connectivity index (χ3n) is 9.52. The number of carbonyl (C=O) groups is 1. The van der Waals surface area contributed by atoms with Crippen molar-refractivity contribution in [1.29, 1.82) is 0 Å². The van der Waals surface area contributed by atoms with Gasteiger partial charge in [-0.15, -0.1) is 0 Å². The van der Waals surface area contributed by atoms with E-state index in [1.807, 2.05) is 31.4 Å². The smallest absolute Gasteiger partial charge is 0.333 e. The summed E-state index contributed by atoms with van der Waals surface area (Å²) in [5.74, 6) is 0.166. The standard InChI is InChI=1S/C37H48N4O7/c1-5-7-8-9-23(24-10-11-30(38)41-19-24)18-37(4)29(47-36(45)21(3)6-2)17-26-33(44)32-28(43)16-25(20-42)46-35(32)27(34(26)48-37)14-22-12-13-40-31(39)15-22/h6,10-12,15-16,19,23,29-30,40-42,44H,5,7-9,13-14,17-18,20,38-39H2,1-4H3/b21-6-/t23-,29-,30?,37+/m1/s1. The van der Waals surface area contributed by atoms with Crippen LogP contribution in [-0.4, -0.2) is 40.6 Å². The number of esters is 1. The fourth-order valence-corrected chi connectivity index (χ4v) is 6.67. The van der Waals surface area contributed by atoms with Crippen LogP contribution in [0.25, 0.3) is 11.0 Å². The highest BCUT2D eigenvalue weighted by Gasteiger charge is 2.48. The fraction of sp³-hybridized carbons (Fsp3) is 0.459. The summed E-state index contributed by atoms with van der Waals surface area (Å²) in [5, 5.41) is 27.9. The molecule has 258 valence electrons. The highest BCUT2D eigenvalue weighted by Crippen LogP contribution is 2.49. The lowest BCUT2D eigenvalue weighted by Gasteiger charge is -2.44. The lowest BCUT2D eigenvalue weighted by atomic mass is 9.77. The first kappa shape index (κ1) is 34.8. The summed E-state index contributed by atoms with van der Waals surface area (Å²) in [4.78, 5) is 26.7. The third kappa shape index (κ3) is 7.32. The number of hydrogen-bond donors (Lipinski definition) is 6. The maximum Gasteiger partial charge on any atom is 0.333 e. The summed E-state index contributed by atoms with van der Waals surface area (Å²) < 4.78 is 19.3. The molecule has 0 aliphatic carbocycles. The molecule has 3 aliphatic heterocycles. The quantitative estimate of drug-likeness (QED) is 0.108. The van der Waals surface area contributed by atoms with Gasteiger partial charge in [0.15, 0.2) is 5.43 Å². The van der Waals surface area contributed by atoms with Crippen LogP contribution < -0.4 is 32.3 Å². The molecule has 0 saturated carbocycles. The van der Waals surface area contributed by atoms with Gasteiger partial charge in [-0.05, 0) is 62.8 Å². The number of aromatic hydroxyl groups is 1. The molecule has 0 bridgehead atoms. The minimum atomic E-state index is -1.07. The first-order valence-corrected chi connectivity index (χ1v) is 16.7. The van der Waals surface area contributed by atoms with Gasteiger partial charge in [0.05, 0.1) is 12.0 Å². The average molecular weight is 661 g/mol. The van der Waals surface area contributed by atoms with Crippen LogP contribution in [-0.2, 0) is 29.0 Å². The zero-order chi connectivity index (χ0) is 34.6. The van der Waals surface area contributed by atoms with Crippen molar-refractivity contribution >= 4 is 16.9 Å². The van der Waals surface area contributed by atoms with E-state index < -0.39 is 29.7 Å². The van der Waals surface area contributed by atoms with Gasteiger partial charge in [-0.25, -0.2) is 4.79 Å². The number of phenolic OH excluding ortho intramolecular Hbond substituents is 1. The van der Waals surface area contributed by atoms with Crippen LogP contribution in [0.3, 0.4) is 0 Å². The zero-order valence-corrected chi connectivity index (χ0v) is 28.2. The zero-order valence-electron chi connectivity index (χ0n) is 28.2. The van der Waals surface area contributed by atoms with E-state index in [1.54, 1.807) is 26.0 Å². The maximum absolute atomic E-state index is 13.4. The molecule has 0 radical (unpaired) electrons. The van der Waals surface area contributed by atoms with Crippen LogP contribution in [0.15, 0.2) is 74.4 Å². The molecule has 5 rings (SSSR count). The SMILES string of the molecule is C/C=C(/C)C(=O)O[C@@H]1Cc2c(c(CC3=CCNC(N)=C3)c3oc(CO)cc(=O)c3c2O)O[C@@]1(C)C[C@@H](CCCCC)C1=CNC(N)C=C1. The summed E-state index contributed by atoms with van der Waals surface area (Å²) in [6.07, 6.45) is 15.1. The van der Waals surface area contributed by atoms with Gasteiger partial charge in [0.25, 0.3) is 0 Å². The Labute approximate surface area is 281 Å². The van der Waals surface area contributed by atoms with Crippen LogP contribution in [0.2, 0.25) is 0 Å². The lowest BCUT2D eigenvalue weighted by Crippen LogP contribution is -2.52. The van der Waals surface area contributed by atoms with E-state index in [0.717, 1.165) is 36.8 Å². The van der Waals surface area contributed by atoms with Gasteiger partial charge in [-0.2, -0.15) is 0 Å². The predicted molar refractivity (Wildman–Crippen MR) is 185 cm³/mol. The number of carbonyl (C=O) groups excluding carboxylic acids is 1. The second-order valence-electron chi connectivity index (χ2n) is 13.1. The molecule has 2 aromatic rings. The molecule has 1 aromatic heterocycles. The molecule has 0 saturated heterocycles. The molecule has 1 unspecified atom stereocenters. The van der Waals surface area contributed by atoms with Crippen molar-refractivity contribution in [2.45, 2.75) is 97.1 Å². The fourth-order valence-electron chi connectivity index (χ4n) is 6.67. The molecule has 0 spiro atoms. The molecular formula is C37H48N4O7.